The second kappa shape index (κ2) is 9.71. The molecule has 2 rings (SSSR count). The first-order valence-electron chi connectivity index (χ1n) is 8.41. The fourth-order valence-corrected chi connectivity index (χ4v) is 3.07. The summed E-state index contributed by atoms with van der Waals surface area (Å²) in [5.41, 5.74) is 6.85. The van der Waals surface area contributed by atoms with Crippen LogP contribution in [0.4, 0.5) is 0 Å². The van der Waals surface area contributed by atoms with Gasteiger partial charge in [0.25, 0.3) is 0 Å². The van der Waals surface area contributed by atoms with E-state index in [2.05, 4.69) is 15.2 Å². The lowest BCUT2D eigenvalue weighted by atomic mass is 10.1. The van der Waals surface area contributed by atoms with Gasteiger partial charge in [0.05, 0.1) is 18.1 Å². The van der Waals surface area contributed by atoms with Gasteiger partial charge >= 0.3 is 0 Å². The van der Waals surface area contributed by atoms with Crippen LogP contribution in [0.3, 0.4) is 0 Å². The van der Waals surface area contributed by atoms with E-state index < -0.39 is 10.0 Å². The van der Waals surface area contributed by atoms with Crippen molar-refractivity contribution in [1.82, 2.24) is 10.2 Å². The van der Waals surface area contributed by atoms with E-state index in [0.717, 1.165) is 51.3 Å². The molecule has 0 bridgehead atoms. The van der Waals surface area contributed by atoms with Crippen molar-refractivity contribution in [3.05, 3.63) is 29.8 Å². The zero-order valence-electron chi connectivity index (χ0n) is 14.4. The Labute approximate surface area is 149 Å². The largest absolute Gasteiger partial charge is 0.379 e. The van der Waals surface area contributed by atoms with Crippen LogP contribution >= 0.6 is 0 Å². The van der Waals surface area contributed by atoms with Crippen molar-refractivity contribution in [2.75, 3.05) is 45.9 Å². The van der Waals surface area contributed by atoms with Crippen LogP contribution in [-0.2, 0) is 21.2 Å². The SMILES string of the molecule is NC(=NCCCN1CCOCC1)NCCc1ccc(S(N)(=O)=O)cc1. The van der Waals surface area contributed by atoms with Crippen LogP contribution in [0.1, 0.15) is 12.0 Å². The number of sulfonamides is 1. The molecule has 25 heavy (non-hydrogen) atoms. The molecule has 0 atom stereocenters. The van der Waals surface area contributed by atoms with Gasteiger partial charge in [0.15, 0.2) is 5.96 Å². The zero-order valence-corrected chi connectivity index (χ0v) is 15.2. The summed E-state index contributed by atoms with van der Waals surface area (Å²) in [5.74, 6) is 0.433. The molecule has 0 aromatic heterocycles. The minimum atomic E-state index is -3.64. The van der Waals surface area contributed by atoms with Gasteiger partial charge in [-0.25, -0.2) is 13.6 Å². The second-order valence-electron chi connectivity index (χ2n) is 5.94. The van der Waals surface area contributed by atoms with Crippen molar-refractivity contribution >= 4 is 16.0 Å². The fraction of sp³-hybridized carbons (Fsp3) is 0.562. The smallest absolute Gasteiger partial charge is 0.238 e. The number of primary sulfonamides is 1. The van der Waals surface area contributed by atoms with Crippen LogP contribution in [0.5, 0.6) is 0 Å². The maximum absolute atomic E-state index is 11.2. The molecule has 0 unspecified atom stereocenters. The molecular formula is C16H27N5O3S. The van der Waals surface area contributed by atoms with Gasteiger partial charge in [-0.2, -0.15) is 0 Å². The normalized spacial score (nSPS) is 16.8. The van der Waals surface area contributed by atoms with Crippen molar-refractivity contribution in [2.45, 2.75) is 17.7 Å². The number of nitrogens with one attached hydrogen (secondary N) is 1. The molecule has 0 aliphatic carbocycles. The highest BCUT2D eigenvalue weighted by Crippen LogP contribution is 2.08. The lowest BCUT2D eigenvalue weighted by molar-refractivity contribution is 0.0377. The Hall–Kier alpha value is -1.68. The lowest BCUT2D eigenvalue weighted by Crippen LogP contribution is -2.37. The molecule has 1 fully saturated rings. The molecule has 0 amide bonds. The zero-order chi connectivity index (χ0) is 18.1. The quantitative estimate of drug-likeness (QED) is 0.323. The predicted octanol–water partition coefficient (Wildman–Crippen LogP) is -0.497. The van der Waals surface area contributed by atoms with Crippen LogP contribution in [-0.4, -0.2) is 65.2 Å². The van der Waals surface area contributed by atoms with E-state index in [0.29, 0.717) is 19.0 Å². The third-order valence-electron chi connectivity index (χ3n) is 3.99. The van der Waals surface area contributed by atoms with E-state index >= 15 is 0 Å². The molecule has 0 spiro atoms. The summed E-state index contributed by atoms with van der Waals surface area (Å²) >= 11 is 0. The Morgan fingerprint density at radius 2 is 1.92 bits per heavy atom. The molecule has 1 heterocycles. The fourth-order valence-electron chi connectivity index (χ4n) is 2.56. The Bertz CT molecular complexity index is 655. The first-order valence-corrected chi connectivity index (χ1v) is 9.95. The van der Waals surface area contributed by atoms with Crippen LogP contribution in [0.15, 0.2) is 34.2 Å². The highest BCUT2D eigenvalue weighted by Gasteiger charge is 2.09. The van der Waals surface area contributed by atoms with Gasteiger partial charge in [-0.15, -0.1) is 0 Å². The number of nitrogens with two attached hydrogens (primary N) is 2. The summed E-state index contributed by atoms with van der Waals surface area (Å²) in [5, 5.41) is 8.14. The summed E-state index contributed by atoms with van der Waals surface area (Å²) in [6.07, 6.45) is 1.69. The van der Waals surface area contributed by atoms with Crippen molar-refractivity contribution in [2.24, 2.45) is 15.9 Å². The van der Waals surface area contributed by atoms with E-state index in [1.54, 1.807) is 12.1 Å². The number of benzene rings is 1. The standard InChI is InChI=1S/C16H27N5O3S/c17-16(19-7-1-9-21-10-12-24-13-11-21)20-8-6-14-2-4-15(5-3-14)25(18,22)23/h2-5H,1,6-13H2,(H3,17,19,20)(H2,18,22,23). The maximum Gasteiger partial charge on any atom is 0.238 e. The molecule has 0 radical (unpaired) electrons. The lowest BCUT2D eigenvalue weighted by Gasteiger charge is -2.26. The van der Waals surface area contributed by atoms with E-state index in [1.807, 2.05) is 0 Å². The van der Waals surface area contributed by atoms with Gasteiger partial charge in [-0.05, 0) is 30.5 Å². The molecule has 1 aromatic carbocycles. The molecule has 1 saturated heterocycles. The van der Waals surface area contributed by atoms with Gasteiger partial charge in [-0.1, -0.05) is 12.1 Å². The Kier molecular flexibility index (Phi) is 7.63. The number of hydrogen-bond acceptors (Lipinski definition) is 5. The summed E-state index contributed by atoms with van der Waals surface area (Å²) < 4.78 is 27.7. The Balaban J connectivity index is 1.63. The van der Waals surface area contributed by atoms with E-state index in [1.165, 1.54) is 12.1 Å². The average molecular weight is 369 g/mol. The third-order valence-corrected chi connectivity index (χ3v) is 4.92. The van der Waals surface area contributed by atoms with Crippen molar-refractivity contribution in [3.63, 3.8) is 0 Å². The van der Waals surface area contributed by atoms with Gasteiger partial charge in [0.2, 0.25) is 10.0 Å². The van der Waals surface area contributed by atoms with Gasteiger partial charge < -0.3 is 15.8 Å². The number of hydrogen-bond donors (Lipinski definition) is 3. The summed E-state index contributed by atoms with van der Waals surface area (Å²) in [6, 6.07) is 6.51. The molecule has 1 aromatic rings. The monoisotopic (exact) mass is 369 g/mol. The number of morpholine rings is 1. The van der Waals surface area contributed by atoms with E-state index in [-0.39, 0.29) is 4.90 Å². The molecule has 0 saturated carbocycles. The molecule has 9 heteroatoms. The first kappa shape index (κ1) is 19.6. The van der Waals surface area contributed by atoms with Crippen LogP contribution < -0.4 is 16.2 Å². The third kappa shape index (κ3) is 7.39. The minimum absolute atomic E-state index is 0.116. The minimum Gasteiger partial charge on any atom is -0.379 e. The number of aliphatic imine (C=N–C) groups is 1. The Morgan fingerprint density at radius 3 is 2.56 bits per heavy atom. The van der Waals surface area contributed by atoms with E-state index in [4.69, 9.17) is 15.6 Å². The molecule has 8 nitrogen and oxygen atoms in total. The van der Waals surface area contributed by atoms with Crippen LogP contribution in [0.2, 0.25) is 0 Å². The van der Waals surface area contributed by atoms with Crippen molar-refractivity contribution < 1.29 is 13.2 Å². The van der Waals surface area contributed by atoms with Crippen molar-refractivity contribution in [1.29, 1.82) is 0 Å². The van der Waals surface area contributed by atoms with Crippen LogP contribution in [0.25, 0.3) is 0 Å². The number of nitrogens with zero attached hydrogens (tertiary/aromatic N) is 2. The van der Waals surface area contributed by atoms with E-state index in [9.17, 15) is 8.42 Å². The molecule has 1 aliphatic rings. The average Bonchev–Trinajstić information content (AvgIpc) is 2.59. The number of ether oxygens (including phenoxy) is 1. The predicted molar refractivity (Wildman–Crippen MR) is 97.9 cm³/mol. The highest BCUT2D eigenvalue weighted by molar-refractivity contribution is 7.89. The molecule has 5 N–H and O–H groups in total. The Morgan fingerprint density at radius 1 is 1.24 bits per heavy atom. The second-order valence-corrected chi connectivity index (χ2v) is 7.50. The maximum atomic E-state index is 11.2. The van der Waals surface area contributed by atoms with Gasteiger partial charge in [0, 0.05) is 32.7 Å². The van der Waals surface area contributed by atoms with Crippen molar-refractivity contribution in [3.8, 4) is 0 Å². The number of rotatable bonds is 8. The first-order chi connectivity index (χ1) is 11.9. The molecule has 140 valence electrons. The van der Waals surface area contributed by atoms with Gasteiger partial charge in [0.1, 0.15) is 0 Å². The molecular weight excluding hydrogens is 342 g/mol. The summed E-state index contributed by atoms with van der Waals surface area (Å²) in [4.78, 5) is 6.80. The molecule has 1 aliphatic heterocycles. The summed E-state index contributed by atoms with van der Waals surface area (Å²) in [7, 11) is -3.64. The highest BCUT2D eigenvalue weighted by atomic mass is 32.2. The topological polar surface area (TPSA) is 123 Å². The van der Waals surface area contributed by atoms with Crippen LogP contribution in [0, 0.1) is 0 Å². The number of guanidine groups is 1. The summed E-state index contributed by atoms with van der Waals surface area (Å²) in [6.45, 7) is 5.93. The van der Waals surface area contributed by atoms with Gasteiger partial charge in [-0.3, -0.25) is 9.89 Å².